The van der Waals surface area contributed by atoms with E-state index in [9.17, 15) is 9.59 Å². The first kappa shape index (κ1) is 20.5. The standard InChI is InChI=1S/C22H27NO4/c1-22(2,3)27-21(25)23(15-18-10-12-20(26-4)13-11-18)19(16-24)14-17-8-6-5-7-9-17/h5-13,16,19H,14-15H2,1-4H3/t19-/m0/s1. The summed E-state index contributed by atoms with van der Waals surface area (Å²) < 4.78 is 10.7. The van der Waals surface area contributed by atoms with Gasteiger partial charge in [0, 0.05) is 6.54 Å². The first-order valence-corrected chi connectivity index (χ1v) is 8.94. The summed E-state index contributed by atoms with van der Waals surface area (Å²) in [7, 11) is 1.60. The maximum atomic E-state index is 12.8. The van der Waals surface area contributed by atoms with E-state index < -0.39 is 17.7 Å². The number of rotatable bonds is 7. The highest BCUT2D eigenvalue weighted by Crippen LogP contribution is 2.19. The number of hydrogen-bond acceptors (Lipinski definition) is 4. The van der Waals surface area contributed by atoms with E-state index >= 15 is 0 Å². The molecule has 0 heterocycles. The Morgan fingerprint density at radius 3 is 2.19 bits per heavy atom. The predicted octanol–water partition coefficient (Wildman–Crippen LogP) is 4.24. The lowest BCUT2D eigenvalue weighted by Gasteiger charge is -2.31. The fourth-order valence-corrected chi connectivity index (χ4v) is 2.65. The van der Waals surface area contributed by atoms with E-state index in [0.717, 1.165) is 23.2 Å². The summed E-state index contributed by atoms with van der Waals surface area (Å²) in [5.74, 6) is 0.735. The van der Waals surface area contributed by atoms with Crippen molar-refractivity contribution >= 4 is 12.4 Å². The average Bonchev–Trinajstić information content (AvgIpc) is 2.64. The number of hydrogen-bond donors (Lipinski definition) is 0. The van der Waals surface area contributed by atoms with Crippen molar-refractivity contribution in [3.8, 4) is 5.75 Å². The zero-order chi connectivity index (χ0) is 19.9. The van der Waals surface area contributed by atoms with E-state index in [4.69, 9.17) is 9.47 Å². The molecule has 0 radical (unpaired) electrons. The molecule has 0 fully saturated rings. The Balaban J connectivity index is 2.25. The number of methoxy groups -OCH3 is 1. The van der Waals surface area contributed by atoms with Crippen LogP contribution in [-0.4, -0.2) is 36.0 Å². The van der Waals surface area contributed by atoms with Gasteiger partial charge in [0.1, 0.15) is 17.6 Å². The van der Waals surface area contributed by atoms with Crippen LogP contribution in [0.25, 0.3) is 0 Å². The smallest absolute Gasteiger partial charge is 0.411 e. The first-order chi connectivity index (χ1) is 12.8. The van der Waals surface area contributed by atoms with Gasteiger partial charge in [-0.05, 0) is 50.5 Å². The third-order valence-electron chi connectivity index (χ3n) is 3.99. The molecule has 0 aliphatic rings. The number of aldehydes is 1. The van der Waals surface area contributed by atoms with Crippen molar-refractivity contribution in [2.24, 2.45) is 0 Å². The molecule has 5 nitrogen and oxygen atoms in total. The van der Waals surface area contributed by atoms with Crippen molar-refractivity contribution in [1.82, 2.24) is 4.90 Å². The lowest BCUT2D eigenvalue weighted by atomic mass is 10.0. The van der Waals surface area contributed by atoms with Gasteiger partial charge in [0.05, 0.1) is 13.2 Å². The van der Waals surface area contributed by atoms with Crippen LogP contribution in [0.1, 0.15) is 31.9 Å². The minimum Gasteiger partial charge on any atom is -0.497 e. The Morgan fingerprint density at radius 2 is 1.67 bits per heavy atom. The summed E-state index contributed by atoms with van der Waals surface area (Å²) in [5, 5.41) is 0. The van der Waals surface area contributed by atoms with Crippen LogP contribution in [0.4, 0.5) is 4.79 Å². The summed E-state index contributed by atoms with van der Waals surface area (Å²) in [6.45, 7) is 5.70. The van der Waals surface area contributed by atoms with Crippen molar-refractivity contribution in [2.45, 2.75) is 45.4 Å². The Kier molecular flexibility index (Phi) is 6.99. The number of ether oxygens (including phenoxy) is 2. The summed E-state index contributed by atoms with van der Waals surface area (Å²) in [6, 6.07) is 16.4. The van der Waals surface area contributed by atoms with Crippen LogP contribution in [0.3, 0.4) is 0 Å². The van der Waals surface area contributed by atoms with Gasteiger partial charge in [0.25, 0.3) is 0 Å². The Labute approximate surface area is 160 Å². The van der Waals surface area contributed by atoms with Crippen LogP contribution in [0, 0.1) is 0 Å². The molecular weight excluding hydrogens is 342 g/mol. The van der Waals surface area contributed by atoms with Gasteiger partial charge >= 0.3 is 6.09 Å². The fourth-order valence-electron chi connectivity index (χ4n) is 2.65. The number of nitrogens with zero attached hydrogens (tertiary/aromatic N) is 1. The molecule has 1 amide bonds. The third kappa shape index (κ3) is 6.44. The highest BCUT2D eigenvalue weighted by Gasteiger charge is 2.28. The molecule has 0 spiro atoms. The van der Waals surface area contributed by atoms with Crippen molar-refractivity contribution in [2.75, 3.05) is 7.11 Å². The molecule has 1 atom stereocenters. The van der Waals surface area contributed by atoms with Crippen LogP contribution in [0.2, 0.25) is 0 Å². The molecule has 2 aromatic carbocycles. The second-order valence-electron chi connectivity index (χ2n) is 7.35. The SMILES string of the molecule is COc1ccc(CN(C(=O)OC(C)(C)C)[C@H](C=O)Cc2ccccc2)cc1. The zero-order valence-electron chi connectivity index (χ0n) is 16.3. The van der Waals surface area contributed by atoms with E-state index in [1.54, 1.807) is 7.11 Å². The molecule has 0 saturated carbocycles. The van der Waals surface area contributed by atoms with E-state index in [2.05, 4.69) is 0 Å². The second kappa shape index (κ2) is 9.21. The van der Waals surface area contributed by atoms with Gasteiger partial charge in [-0.2, -0.15) is 0 Å². The molecule has 0 unspecified atom stereocenters. The topological polar surface area (TPSA) is 55.8 Å². The fraction of sp³-hybridized carbons (Fsp3) is 0.364. The monoisotopic (exact) mass is 369 g/mol. The number of amides is 1. The number of carbonyl (C=O) groups excluding carboxylic acids is 2. The number of benzene rings is 2. The molecule has 0 aliphatic heterocycles. The normalized spacial score (nSPS) is 12.1. The summed E-state index contributed by atoms with van der Waals surface area (Å²) in [5.41, 5.74) is 1.23. The maximum Gasteiger partial charge on any atom is 0.411 e. The highest BCUT2D eigenvalue weighted by molar-refractivity contribution is 5.74. The summed E-state index contributed by atoms with van der Waals surface area (Å²) in [4.78, 5) is 26.1. The van der Waals surface area contributed by atoms with Gasteiger partial charge in [-0.25, -0.2) is 4.79 Å². The molecular formula is C22H27NO4. The quantitative estimate of drug-likeness (QED) is 0.685. The van der Waals surface area contributed by atoms with Crippen molar-refractivity contribution in [1.29, 1.82) is 0 Å². The van der Waals surface area contributed by atoms with Crippen LogP contribution in [-0.2, 0) is 22.5 Å². The van der Waals surface area contributed by atoms with Crippen LogP contribution in [0.5, 0.6) is 5.75 Å². The molecule has 0 aliphatic carbocycles. The van der Waals surface area contributed by atoms with Gasteiger partial charge in [-0.1, -0.05) is 42.5 Å². The van der Waals surface area contributed by atoms with Crippen molar-refractivity contribution in [3.63, 3.8) is 0 Å². The molecule has 27 heavy (non-hydrogen) atoms. The number of carbonyl (C=O) groups is 2. The largest absolute Gasteiger partial charge is 0.497 e. The van der Waals surface area contributed by atoms with Crippen LogP contribution < -0.4 is 4.74 Å². The van der Waals surface area contributed by atoms with Crippen molar-refractivity contribution in [3.05, 3.63) is 65.7 Å². The maximum absolute atomic E-state index is 12.8. The van der Waals surface area contributed by atoms with Gasteiger partial charge in [0.15, 0.2) is 0 Å². The Morgan fingerprint density at radius 1 is 1.04 bits per heavy atom. The van der Waals surface area contributed by atoms with E-state index in [-0.39, 0.29) is 6.54 Å². The minimum atomic E-state index is -0.643. The molecule has 0 bridgehead atoms. The average molecular weight is 369 g/mol. The lowest BCUT2D eigenvalue weighted by molar-refractivity contribution is -0.112. The van der Waals surface area contributed by atoms with Gasteiger partial charge in [-0.15, -0.1) is 0 Å². The molecule has 0 saturated heterocycles. The zero-order valence-corrected chi connectivity index (χ0v) is 16.3. The predicted molar refractivity (Wildman–Crippen MR) is 105 cm³/mol. The van der Waals surface area contributed by atoms with Gasteiger partial charge in [-0.3, -0.25) is 4.90 Å². The molecule has 2 aromatic rings. The second-order valence-corrected chi connectivity index (χ2v) is 7.35. The Bertz CT molecular complexity index is 735. The molecule has 2 rings (SSSR count). The van der Waals surface area contributed by atoms with Gasteiger partial charge in [0.2, 0.25) is 0 Å². The highest BCUT2D eigenvalue weighted by atomic mass is 16.6. The summed E-state index contributed by atoms with van der Waals surface area (Å²) >= 11 is 0. The van der Waals surface area contributed by atoms with Crippen molar-refractivity contribution < 1.29 is 19.1 Å². The minimum absolute atomic E-state index is 0.273. The van der Waals surface area contributed by atoms with Gasteiger partial charge < -0.3 is 14.3 Å². The first-order valence-electron chi connectivity index (χ1n) is 8.94. The molecule has 5 heteroatoms. The molecule has 144 valence electrons. The van der Waals surface area contributed by atoms with Crippen LogP contribution in [0.15, 0.2) is 54.6 Å². The van der Waals surface area contributed by atoms with E-state index in [1.807, 2.05) is 75.4 Å². The van der Waals surface area contributed by atoms with E-state index in [0.29, 0.717) is 6.42 Å². The summed E-state index contributed by atoms with van der Waals surface area (Å²) in [6.07, 6.45) is 0.728. The molecule has 0 aromatic heterocycles. The van der Waals surface area contributed by atoms with E-state index in [1.165, 1.54) is 4.90 Å². The lowest BCUT2D eigenvalue weighted by Crippen LogP contribution is -2.44. The third-order valence-corrected chi connectivity index (χ3v) is 3.99. The van der Waals surface area contributed by atoms with Crippen LogP contribution >= 0.6 is 0 Å². The molecule has 0 N–H and O–H groups in total. The Hall–Kier alpha value is -2.82.